The van der Waals surface area contributed by atoms with Gasteiger partial charge in [-0.1, -0.05) is 0 Å². The summed E-state index contributed by atoms with van der Waals surface area (Å²) in [5, 5.41) is 8.70. The molecular weight excluding hydrogens is 308 g/mol. The van der Waals surface area contributed by atoms with E-state index in [4.69, 9.17) is 9.84 Å². The highest BCUT2D eigenvalue weighted by Crippen LogP contribution is 2.11. The number of aromatic nitrogens is 2. The van der Waals surface area contributed by atoms with Gasteiger partial charge < -0.3 is 9.84 Å². The molecule has 1 aromatic rings. The molecule has 0 bridgehead atoms. The largest absolute Gasteiger partial charge is 0.480 e. The average molecular weight is 319 g/mol. The van der Waals surface area contributed by atoms with Crippen LogP contribution in [0.25, 0.3) is 0 Å². The topological polar surface area (TPSA) is 90.5 Å². The van der Waals surface area contributed by atoms with E-state index in [1.165, 1.54) is 6.20 Å². The van der Waals surface area contributed by atoms with Gasteiger partial charge in [0.05, 0.1) is 17.7 Å². The maximum absolute atomic E-state index is 12.0. The fourth-order valence-corrected chi connectivity index (χ4v) is 2.15. The van der Waals surface area contributed by atoms with Crippen molar-refractivity contribution in [2.45, 2.75) is 13.1 Å². The summed E-state index contributed by atoms with van der Waals surface area (Å²) in [6.45, 7) is 0.796. The van der Waals surface area contributed by atoms with E-state index in [1.54, 1.807) is 0 Å². The van der Waals surface area contributed by atoms with E-state index < -0.39 is 23.8 Å². The van der Waals surface area contributed by atoms with Gasteiger partial charge in [-0.15, -0.1) is 0 Å². The van der Waals surface area contributed by atoms with Crippen LogP contribution in [-0.2, 0) is 22.6 Å². The van der Waals surface area contributed by atoms with Crippen molar-refractivity contribution in [3.05, 3.63) is 31.5 Å². The predicted molar refractivity (Wildman–Crippen MR) is 64.6 cm³/mol. The number of carboxylic acids is 1. The molecule has 2 heterocycles. The van der Waals surface area contributed by atoms with Crippen molar-refractivity contribution >= 4 is 21.9 Å². The summed E-state index contributed by atoms with van der Waals surface area (Å²) in [6.07, 6.45) is 1.20. The summed E-state index contributed by atoms with van der Waals surface area (Å²) in [6, 6.07) is 0. The van der Waals surface area contributed by atoms with Crippen LogP contribution in [-0.4, -0.2) is 33.4 Å². The lowest BCUT2D eigenvalue weighted by atomic mass is 10.1. The molecule has 1 aliphatic rings. The Morgan fingerprint density at radius 3 is 2.67 bits per heavy atom. The van der Waals surface area contributed by atoms with Crippen LogP contribution in [0.1, 0.15) is 0 Å². The molecule has 1 fully saturated rings. The van der Waals surface area contributed by atoms with Gasteiger partial charge in [-0.25, -0.2) is 4.79 Å². The number of hydrogen-bond donors (Lipinski definition) is 1. The van der Waals surface area contributed by atoms with Crippen LogP contribution >= 0.6 is 15.9 Å². The van der Waals surface area contributed by atoms with Crippen LogP contribution in [0, 0.1) is 5.92 Å². The highest BCUT2D eigenvalue weighted by molar-refractivity contribution is 9.10. The van der Waals surface area contributed by atoms with Crippen molar-refractivity contribution in [2.24, 2.45) is 5.92 Å². The predicted octanol–water partition coefficient (Wildman–Crippen LogP) is -0.496. The molecule has 0 unspecified atom stereocenters. The summed E-state index contributed by atoms with van der Waals surface area (Å²) in [5.74, 6) is -1.01. The number of carboxylic acid groups (broad SMARTS) is 1. The molecule has 0 atom stereocenters. The zero-order valence-corrected chi connectivity index (χ0v) is 10.9. The zero-order chi connectivity index (χ0) is 13.3. The van der Waals surface area contributed by atoms with E-state index in [-0.39, 0.29) is 16.9 Å². The highest BCUT2D eigenvalue weighted by atomic mass is 79.9. The van der Waals surface area contributed by atoms with E-state index in [2.05, 4.69) is 15.9 Å². The first-order valence-corrected chi connectivity index (χ1v) is 6.07. The molecule has 0 radical (unpaired) electrons. The van der Waals surface area contributed by atoms with Crippen LogP contribution in [0.3, 0.4) is 0 Å². The third-order valence-electron chi connectivity index (χ3n) is 2.65. The quantitative estimate of drug-likeness (QED) is 0.808. The normalized spacial score (nSPS) is 15.4. The van der Waals surface area contributed by atoms with Crippen LogP contribution in [0.2, 0.25) is 0 Å². The minimum absolute atomic E-state index is 0.128. The second-order valence-electron chi connectivity index (χ2n) is 4.10. The third kappa shape index (κ3) is 2.54. The molecule has 0 aliphatic carbocycles. The van der Waals surface area contributed by atoms with E-state index in [1.807, 2.05) is 0 Å². The van der Waals surface area contributed by atoms with Crippen LogP contribution in [0.4, 0.5) is 0 Å². The molecule has 1 saturated heterocycles. The van der Waals surface area contributed by atoms with E-state index in [0.717, 1.165) is 9.13 Å². The second-order valence-corrected chi connectivity index (χ2v) is 4.95. The number of halogens is 1. The first-order valence-electron chi connectivity index (χ1n) is 5.28. The number of aliphatic carboxylic acids is 1. The summed E-state index contributed by atoms with van der Waals surface area (Å²) >= 11 is 3.03. The van der Waals surface area contributed by atoms with Crippen molar-refractivity contribution in [3.8, 4) is 0 Å². The first kappa shape index (κ1) is 13.0. The van der Waals surface area contributed by atoms with Gasteiger partial charge in [0, 0.05) is 18.7 Å². The Labute approximate surface area is 110 Å². The number of rotatable bonds is 4. The monoisotopic (exact) mass is 318 g/mol. The fourth-order valence-electron chi connectivity index (χ4n) is 1.69. The molecule has 98 valence electrons. The lowest BCUT2D eigenvalue weighted by molar-refractivity contribution is -0.137. The molecule has 18 heavy (non-hydrogen) atoms. The SMILES string of the molecule is O=C(O)Cn1cc(Br)c(=O)n(CC2COC2)c1=O. The minimum atomic E-state index is -1.14. The van der Waals surface area contributed by atoms with Crippen LogP contribution in [0.15, 0.2) is 20.3 Å². The Bertz CT molecular complexity index is 587. The highest BCUT2D eigenvalue weighted by Gasteiger charge is 2.22. The molecule has 0 saturated carbocycles. The summed E-state index contributed by atoms with van der Waals surface area (Å²) in [4.78, 5) is 34.4. The van der Waals surface area contributed by atoms with Gasteiger partial charge in [-0.2, -0.15) is 0 Å². The number of hydrogen-bond acceptors (Lipinski definition) is 4. The summed E-state index contributed by atoms with van der Waals surface area (Å²) < 4.78 is 7.19. The van der Waals surface area contributed by atoms with Crippen molar-refractivity contribution in [3.63, 3.8) is 0 Å². The van der Waals surface area contributed by atoms with Crippen molar-refractivity contribution in [1.82, 2.24) is 9.13 Å². The number of ether oxygens (including phenoxy) is 1. The summed E-state index contributed by atoms with van der Waals surface area (Å²) in [5.41, 5.74) is -1.06. The number of carbonyl (C=O) groups is 1. The van der Waals surface area contributed by atoms with Gasteiger partial charge >= 0.3 is 11.7 Å². The Hall–Kier alpha value is -1.41. The van der Waals surface area contributed by atoms with Crippen molar-refractivity contribution in [1.29, 1.82) is 0 Å². The van der Waals surface area contributed by atoms with E-state index >= 15 is 0 Å². The maximum atomic E-state index is 12.0. The first-order chi connectivity index (χ1) is 8.49. The molecule has 0 amide bonds. The van der Waals surface area contributed by atoms with E-state index in [9.17, 15) is 14.4 Å². The molecular formula is C10H11BrN2O5. The van der Waals surface area contributed by atoms with Crippen molar-refractivity contribution in [2.75, 3.05) is 13.2 Å². The number of nitrogens with zero attached hydrogens (tertiary/aromatic N) is 2. The van der Waals surface area contributed by atoms with Crippen LogP contribution in [0.5, 0.6) is 0 Å². The van der Waals surface area contributed by atoms with Gasteiger partial charge in [0.2, 0.25) is 0 Å². The molecule has 0 aromatic carbocycles. The van der Waals surface area contributed by atoms with Gasteiger partial charge in [0.25, 0.3) is 5.56 Å². The molecule has 1 aromatic heterocycles. The lowest BCUT2D eigenvalue weighted by Gasteiger charge is -2.26. The van der Waals surface area contributed by atoms with Gasteiger partial charge in [-0.05, 0) is 15.9 Å². The molecule has 7 nitrogen and oxygen atoms in total. The van der Waals surface area contributed by atoms with Gasteiger partial charge in [0.1, 0.15) is 6.54 Å². The molecule has 2 rings (SSSR count). The second kappa shape index (κ2) is 5.07. The zero-order valence-electron chi connectivity index (χ0n) is 9.34. The lowest BCUT2D eigenvalue weighted by Crippen LogP contribution is -2.45. The smallest absolute Gasteiger partial charge is 0.331 e. The van der Waals surface area contributed by atoms with Crippen LogP contribution < -0.4 is 11.2 Å². The Morgan fingerprint density at radius 1 is 1.50 bits per heavy atom. The molecule has 0 spiro atoms. The summed E-state index contributed by atoms with van der Waals surface area (Å²) in [7, 11) is 0. The van der Waals surface area contributed by atoms with E-state index in [0.29, 0.717) is 13.2 Å². The minimum Gasteiger partial charge on any atom is -0.480 e. The third-order valence-corrected chi connectivity index (χ3v) is 3.19. The molecule has 1 aliphatic heterocycles. The fraction of sp³-hybridized carbons (Fsp3) is 0.500. The molecule has 8 heteroatoms. The van der Waals surface area contributed by atoms with Gasteiger partial charge in [0.15, 0.2) is 0 Å². The average Bonchev–Trinajstić information content (AvgIpc) is 2.23. The maximum Gasteiger partial charge on any atom is 0.331 e. The molecule has 1 N–H and O–H groups in total. The Balaban J connectivity index is 2.42. The van der Waals surface area contributed by atoms with Gasteiger partial charge in [-0.3, -0.25) is 18.7 Å². The Kier molecular flexibility index (Phi) is 3.67. The Morgan fingerprint density at radius 2 is 2.17 bits per heavy atom. The standard InChI is InChI=1S/C10H11BrN2O5/c11-7-2-12(3-8(14)15)10(17)13(9(7)16)1-6-4-18-5-6/h2,6H,1,3-5H2,(H,14,15). The van der Waals surface area contributed by atoms with Crippen molar-refractivity contribution < 1.29 is 14.6 Å².